The minimum Gasteiger partial charge on any atom is -0.497 e. The highest BCUT2D eigenvalue weighted by molar-refractivity contribution is 6.10. The van der Waals surface area contributed by atoms with Gasteiger partial charge in [0.1, 0.15) is 23.6 Å². The Morgan fingerprint density at radius 3 is 2.63 bits per heavy atom. The number of carbonyl (C=O) groups is 3. The smallest absolute Gasteiger partial charge is 0.342 e. The third-order valence-corrected chi connectivity index (χ3v) is 4.03. The molecule has 3 rings (SSSR count). The van der Waals surface area contributed by atoms with Crippen molar-refractivity contribution in [3.63, 3.8) is 0 Å². The van der Waals surface area contributed by atoms with E-state index in [1.54, 1.807) is 36.4 Å². The van der Waals surface area contributed by atoms with Crippen molar-refractivity contribution >= 4 is 29.2 Å². The summed E-state index contributed by atoms with van der Waals surface area (Å²) in [6.45, 7) is -0.656. The first-order valence-electron chi connectivity index (χ1n) is 8.12. The van der Waals surface area contributed by atoms with Crippen LogP contribution in [0.5, 0.6) is 11.5 Å². The number of anilines is 2. The van der Waals surface area contributed by atoms with Crippen LogP contribution in [0.15, 0.2) is 42.5 Å². The molecule has 8 nitrogen and oxygen atoms in total. The van der Waals surface area contributed by atoms with Crippen molar-refractivity contribution in [3.05, 3.63) is 48.0 Å². The molecular formula is C19H18N2O6. The summed E-state index contributed by atoms with van der Waals surface area (Å²) in [6, 6.07) is 11.6. The predicted octanol–water partition coefficient (Wildman–Crippen LogP) is 1.85. The van der Waals surface area contributed by atoms with Gasteiger partial charge in [0.15, 0.2) is 6.61 Å². The second-order valence-corrected chi connectivity index (χ2v) is 5.69. The second kappa shape index (κ2) is 7.77. The van der Waals surface area contributed by atoms with E-state index in [-0.39, 0.29) is 18.0 Å². The summed E-state index contributed by atoms with van der Waals surface area (Å²) in [5.74, 6) is -0.796. The zero-order valence-corrected chi connectivity index (χ0v) is 14.9. The Bertz CT molecular complexity index is 896. The summed E-state index contributed by atoms with van der Waals surface area (Å²) in [6.07, 6.45) is 0. The van der Waals surface area contributed by atoms with Crippen molar-refractivity contribution < 1.29 is 28.6 Å². The lowest BCUT2D eigenvalue weighted by Gasteiger charge is -2.28. The number of esters is 1. The van der Waals surface area contributed by atoms with Gasteiger partial charge >= 0.3 is 5.97 Å². The van der Waals surface area contributed by atoms with Crippen molar-refractivity contribution in [2.24, 2.45) is 0 Å². The average molecular weight is 370 g/mol. The van der Waals surface area contributed by atoms with Crippen LogP contribution < -0.4 is 19.7 Å². The van der Waals surface area contributed by atoms with Crippen LogP contribution in [-0.4, -0.2) is 45.2 Å². The van der Waals surface area contributed by atoms with Gasteiger partial charge in [-0.25, -0.2) is 4.79 Å². The van der Waals surface area contributed by atoms with Crippen LogP contribution in [0.2, 0.25) is 0 Å². The lowest BCUT2D eigenvalue weighted by molar-refractivity contribution is -0.124. The minimum absolute atomic E-state index is 0.140. The van der Waals surface area contributed by atoms with Crippen LogP contribution >= 0.6 is 0 Å². The number of nitrogens with zero attached hydrogens (tertiary/aromatic N) is 1. The van der Waals surface area contributed by atoms with E-state index in [0.717, 1.165) is 0 Å². The summed E-state index contributed by atoms with van der Waals surface area (Å²) in [5.41, 5.74) is 1.22. The van der Waals surface area contributed by atoms with E-state index in [1.807, 2.05) is 0 Å². The Hall–Kier alpha value is -3.55. The van der Waals surface area contributed by atoms with E-state index < -0.39 is 18.5 Å². The quantitative estimate of drug-likeness (QED) is 0.807. The van der Waals surface area contributed by atoms with Crippen LogP contribution in [0, 0.1) is 0 Å². The molecule has 0 fully saturated rings. The van der Waals surface area contributed by atoms with Gasteiger partial charge in [-0.15, -0.1) is 0 Å². The number of para-hydroxylation sites is 2. The molecule has 140 valence electrons. The fourth-order valence-corrected chi connectivity index (χ4v) is 2.71. The summed E-state index contributed by atoms with van der Waals surface area (Å²) in [7, 11) is 2.90. The molecule has 1 aliphatic heterocycles. The average Bonchev–Trinajstić information content (AvgIpc) is 2.70. The summed E-state index contributed by atoms with van der Waals surface area (Å²) >= 11 is 0. The Labute approximate surface area is 155 Å². The number of benzene rings is 2. The van der Waals surface area contributed by atoms with E-state index in [2.05, 4.69) is 5.32 Å². The van der Waals surface area contributed by atoms with Crippen LogP contribution in [0.25, 0.3) is 0 Å². The lowest BCUT2D eigenvalue weighted by atomic mass is 10.2. The Balaban J connectivity index is 1.73. The van der Waals surface area contributed by atoms with E-state index in [1.165, 1.54) is 25.2 Å². The van der Waals surface area contributed by atoms with Gasteiger partial charge in [-0.1, -0.05) is 12.1 Å². The molecule has 0 radical (unpaired) electrons. The number of ether oxygens (including phenoxy) is 3. The first-order chi connectivity index (χ1) is 13.0. The van der Waals surface area contributed by atoms with Crippen molar-refractivity contribution in [3.8, 4) is 11.5 Å². The van der Waals surface area contributed by atoms with Crippen molar-refractivity contribution in [1.29, 1.82) is 0 Å². The van der Waals surface area contributed by atoms with Gasteiger partial charge in [0.25, 0.3) is 5.91 Å². The second-order valence-electron chi connectivity index (χ2n) is 5.69. The number of amides is 2. The minimum atomic E-state index is -0.728. The number of methoxy groups -OCH3 is 2. The largest absolute Gasteiger partial charge is 0.497 e. The predicted molar refractivity (Wildman–Crippen MR) is 97.3 cm³/mol. The van der Waals surface area contributed by atoms with Crippen LogP contribution in [0.3, 0.4) is 0 Å². The molecule has 1 heterocycles. The van der Waals surface area contributed by atoms with Gasteiger partial charge in [-0.3, -0.25) is 14.5 Å². The molecule has 2 aromatic rings. The van der Waals surface area contributed by atoms with Gasteiger partial charge in [0.2, 0.25) is 5.91 Å². The van der Waals surface area contributed by atoms with E-state index in [9.17, 15) is 14.4 Å². The third-order valence-electron chi connectivity index (χ3n) is 4.03. The normalized spacial score (nSPS) is 12.7. The Morgan fingerprint density at radius 1 is 1.11 bits per heavy atom. The number of nitrogens with one attached hydrogen (secondary N) is 1. The molecule has 0 unspecified atom stereocenters. The zero-order valence-electron chi connectivity index (χ0n) is 14.9. The monoisotopic (exact) mass is 370 g/mol. The fraction of sp³-hybridized carbons (Fsp3) is 0.211. The molecule has 2 aromatic carbocycles. The zero-order chi connectivity index (χ0) is 19.4. The molecule has 0 saturated carbocycles. The molecule has 0 atom stereocenters. The first kappa shape index (κ1) is 18.2. The van der Waals surface area contributed by atoms with Gasteiger partial charge in [-0.05, 0) is 30.3 Å². The summed E-state index contributed by atoms with van der Waals surface area (Å²) < 4.78 is 15.4. The van der Waals surface area contributed by atoms with E-state index in [4.69, 9.17) is 14.2 Å². The molecule has 1 N–H and O–H groups in total. The van der Waals surface area contributed by atoms with Crippen molar-refractivity contribution in [1.82, 2.24) is 0 Å². The van der Waals surface area contributed by atoms with Crippen molar-refractivity contribution in [2.45, 2.75) is 0 Å². The maximum atomic E-state index is 12.5. The SMILES string of the molecule is COc1ccc(OC)c(C(=O)OCC(=O)N2CC(=O)Nc3ccccc32)c1. The highest BCUT2D eigenvalue weighted by atomic mass is 16.5. The lowest BCUT2D eigenvalue weighted by Crippen LogP contribution is -2.44. The highest BCUT2D eigenvalue weighted by Crippen LogP contribution is 2.29. The molecule has 2 amide bonds. The number of fused-ring (bicyclic) bond motifs is 1. The topological polar surface area (TPSA) is 94.2 Å². The standard InChI is InChI=1S/C19H18N2O6/c1-25-12-7-8-16(26-2)13(9-12)19(24)27-11-18(23)21-10-17(22)20-14-5-3-4-6-15(14)21/h3-9H,10-11H2,1-2H3,(H,20,22). The van der Waals surface area contributed by atoms with Crippen molar-refractivity contribution in [2.75, 3.05) is 37.6 Å². The molecule has 1 aliphatic rings. The molecule has 0 bridgehead atoms. The fourth-order valence-electron chi connectivity index (χ4n) is 2.71. The molecule has 0 aromatic heterocycles. The molecule has 8 heteroatoms. The first-order valence-corrected chi connectivity index (χ1v) is 8.12. The van der Waals surface area contributed by atoms with Crippen LogP contribution in [0.4, 0.5) is 11.4 Å². The number of hydrogen-bond donors (Lipinski definition) is 1. The Kier molecular flexibility index (Phi) is 5.25. The van der Waals surface area contributed by atoms with Crippen LogP contribution in [0.1, 0.15) is 10.4 Å². The molecule has 0 spiro atoms. The Morgan fingerprint density at radius 2 is 1.89 bits per heavy atom. The number of carbonyl (C=O) groups excluding carboxylic acids is 3. The van der Waals surface area contributed by atoms with Gasteiger partial charge in [0, 0.05) is 0 Å². The van der Waals surface area contributed by atoms with Gasteiger partial charge in [0.05, 0.1) is 25.6 Å². The summed E-state index contributed by atoms with van der Waals surface area (Å²) in [5, 5.41) is 2.69. The highest BCUT2D eigenvalue weighted by Gasteiger charge is 2.27. The molecular weight excluding hydrogens is 352 g/mol. The molecule has 0 saturated heterocycles. The number of hydrogen-bond acceptors (Lipinski definition) is 6. The molecule has 27 heavy (non-hydrogen) atoms. The van der Waals surface area contributed by atoms with E-state index in [0.29, 0.717) is 22.9 Å². The van der Waals surface area contributed by atoms with E-state index >= 15 is 0 Å². The van der Waals surface area contributed by atoms with Gasteiger partial charge in [-0.2, -0.15) is 0 Å². The molecule has 0 aliphatic carbocycles. The maximum absolute atomic E-state index is 12.5. The van der Waals surface area contributed by atoms with Crippen LogP contribution in [-0.2, 0) is 14.3 Å². The third kappa shape index (κ3) is 3.84. The number of rotatable bonds is 5. The maximum Gasteiger partial charge on any atom is 0.342 e. The summed E-state index contributed by atoms with van der Waals surface area (Å²) in [4.78, 5) is 38.0. The van der Waals surface area contributed by atoms with Gasteiger partial charge < -0.3 is 19.5 Å².